The molecule has 37 nitrogen and oxygen atoms in total. The first-order valence-corrected chi connectivity index (χ1v) is 41.9. The maximum absolute atomic E-state index is 14.2. The van der Waals surface area contributed by atoms with E-state index in [-0.39, 0.29) is 18.7 Å². The van der Waals surface area contributed by atoms with Gasteiger partial charge in [-0.05, 0) is 45.4 Å². The van der Waals surface area contributed by atoms with Gasteiger partial charge in [0, 0.05) is 45.4 Å². The molecule has 5 heterocycles. The normalized spacial score (nSPS) is 33.3. The van der Waals surface area contributed by atoms with E-state index in [4.69, 9.17) is 47.4 Å². The molecule has 0 spiro atoms. The van der Waals surface area contributed by atoms with Gasteiger partial charge in [0.15, 0.2) is 18.9 Å². The first-order valence-electron chi connectivity index (χ1n) is 41.9. The quantitative estimate of drug-likeness (QED) is 0.0267. The summed E-state index contributed by atoms with van der Waals surface area (Å²) in [7, 11) is 0. The van der Waals surface area contributed by atoms with Crippen LogP contribution in [0.2, 0.25) is 0 Å². The number of nitrogens with one attached hydrogen (secondary N) is 3. The number of carbonyl (C=O) groups is 6. The molecule has 3 amide bonds. The molecule has 37 heteroatoms. The van der Waals surface area contributed by atoms with Gasteiger partial charge in [0.25, 0.3) is 11.6 Å². The number of carbonyl (C=O) groups excluding carboxylic acids is 4. The molecule has 29 unspecified atom stereocenters. The summed E-state index contributed by atoms with van der Waals surface area (Å²) in [5.74, 6) is -15.9. The molecule has 21 N–H and O–H groups in total. The van der Waals surface area contributed by atoms with Gasteiger partial charge in [-0.25, -0.2) is 9.59 Å². The minimum atomic E-state index is -3.57. The number of carboxylic acids is 2. The summed E-state index contributed by atoms with van der Waals surface area (Å²) < 4.78 is 60.2. The molecular formula is C79H139N3O34. The van der Waals surface area contributed by atoms with Gasteiger partial charge in [-0.1, -0.05) is 161 Å². The fourth-order valence-electron chi connectivity index (χ4n) is 15.7. The summed E-state index contributed by atoms with van der Waals surface area (Å²) >= 11 is 0. The Labute approximate surface area is 679 Å². The Hall–Kier alpha value is -4.28. The second-order valence-electron chi connectivity index (χ2n) is 31.8. The number of allylic oxidation sites excluding steroid dienone is 2. The number of aliphatic hydroxyl groups is 16. The highest BCUT2D eigenvalue weighted by Gasteiger charge is 2.64. The smallest absolute Gasteiger partial charge is 0.364 e. The van der Waals surface area contributed by atoms with Crippen molar-refractivity contribution < 1.29 is 168 Å². The van der Waals surface area contributed by atoms with Crippen LogP contribution >= 0.6 is 0 Å². The third kappa shape index (κ3) is 30.9. The number of ketones is 1. The van der Waals surface area contributed by atoms with E-state index in [9.17, 15) is 121 Å². The van der Waals surface area contributed by atoms with Crippen molar-refractivity contribution in [1.82, 2.24) is 16.0 Å². The molecule has 29 atom stereocenters. The molecule has 0 aromatic heterocycles. The molecule has 5 aliphatic heterocycles. The molecule has 0 radical (unpaired) electrons. The zero-order valence-electron chi connectivity index (χ0n) is 68.0. The predicted octanol–water partition coefficient (Wildman–Crippen LogP) is -0.602. The first-order chi connectivity index (χ1) is 55.3. The second kappa shape index (κ2) is 52.9. The third-order valence-corrected chi connectivity index (χ3v) is 22.3. The van der Waals surface area contributed by atoms with Crippen molar-refractivity contribution in [2.45, 2.75) is 404 Å². The van der Waals surface area contributed by atoms with E-state index < -0.39 is 265 Å². The molecule has 0 aromatic rings. The number of ether oxygens (including phenoxy) is 10. The lowest BCUT2D eigenvalue weighted by molar-refractivity contribution is -0.404. The molecule has 5 rings (SSSR count). The van der Waals surface area contributed by atoms with Crippen molar-refractivity contribution in [3.63, 3.8) is 0 Å². The maximum atomic E-state index is 14.2. The number of carboxylic acid groups (broad SMARTS) is 2. The molecule has 0 aromatic carbocycles. The number of Topliss-reactive ketones (excluding diaryl/α,β-unsaturated/α-hetero) is 1. The molecule has 0 bridgehead atoms. The second-order valence-corrected chi connectivity index (χ2v) is 31.8. The molecule has 5 saturated heterocycles. The molecule has 116 heavy (non-hydrogen) atoms. The fraction of sp³-hybridized carbons (Fsp3) is 0.899. The zero-order valence-corrected chi connectivity index (χ0v) is 68.0. The van der Waals surface area contributed by atoms with E-state index in [2.05, 4.69) is 41.9 Å². The van der Waals surface area contributed by atoms with Crippen LogP contribution < -0.4 is 16.0 Å². The molecule has 0 aliphatic carbocycles. The molecule has 674 valence electrons. The van der Waals surface area contributed by atoms with Crippen LogP contribution in [0.15, 0.2) is 12.2 Å². The highest BCUT2D eigenvalue weighted by molar-refractivity contribution is 5.78. The van der Waals surface area contributed by atoms with Crippen molar-refractivity contribution in [3.05, 3.63) is 12.2 Å². The summed E-state index contributed by atoms with van der Waals surface area (Å²) in [5, 5.41) is 211. The monoisotopic (exact) mass is 1670 g/mol. The van der Waals surface area contributed by atoms with Gasteiger partial charge >= 0.3 is 11.9 Å². The summed E-state index contributed by atoms with van der Waals surface area (Å²) in [6.07, 6.45) is -19.9. The summed E-state index contributed by atoms with van der Waals surface area (Å²) in [6.45, 7) is 0.762. The van der Waals surface area contributed by atoms with E-state index in [0.29, 0.717) is 12.8 Å². The summed E-state index contributed by atoms with van der Waals surface area (Å²) in [4.78, 5) is 79.2. The van der Waals surface area contributed by atoms with Crippen molar-refractivity contribution in [1.29, 1.82) is 0 Å². The Morgan fingerprint density at radius 3 is 1.43 bits per heavy atom. The van der Waals surface area contributed by atoms with Crippen LogP contribution in [-0.2, 0) is 76.1 Å². The maximum Gasteiger partial charge on any atom is 0.364 e. The lowest BCUT2D eigenvalue weighted by atomic mass is 9.86. The Morgan fingerprint density at radius 1 is 0.483 bits per heavy atom. The molecule has 5 aliphatic rings. The number of rotatable bonds is 57. The van der Waals surface area contributed by atoms with Crippen molar-refractivity contribution in [2.24, 2.45) is 5.92 Å². The minimum absolute atomic E-state index is 0.125. The molecule has 5 fully saturated rings. The summed E-state index contributed by atoms with van der Waals surface area (Å²) in [6, 6.07) is -4.87. The minimum Gasteiger partial charge on any atom is -0.477 e. The highest BCUT2D eigenvalue weighted by atomic mass is 16.8. The van der Waals surface area contributed by atoms with Gasteiger partial charge in [-0.2, -0.15) is 0 Å². The molecular weight excluding hydrogens is 1530 g/mol. The largest absolute Gasteiger partial charge is 0.477 e. The SMILES string of the molecule is CCCCCCCCC=CCCCCCCCC(=O)NC(COC1OC(CO)C(OC2OC(CO)C(OC3OC(CO)C(O)C(O)C3CC(C)=O)C(OC3(C(=O)O)CC(O)C(NC(C)=O)C(C(O)C(CO)OC4(C(=O)O)CC(O)C(NC(C)=O)C(C(O)C(O)CO)O4)O3)C2O)C(O)C1O)C(O)CCCCCCCCCCCCCCC. The number of aliphatic hydroxyl groups excluding tert-OH is 16. The number of amides is 3. The van der Waals surface area contributed by atoms with E-state index in [1.807, 2.05) is 0 Å². The average Bonchev–Trinajstić information content (AvgIpc) is 0.751. The number of hydrogen-bond donors (Lipinski definition) is 21. The van der Waals surface area contributed by atoms with Crippen LogP contribution in [0, 0.1) is 5.92 Å². The van der Waals surface area contributed by atoms with Gasteiger partial charge in [0.05, 0.1) is 82.2 Å². The number of unbranched alkanes of at least 4 members (excludes halogenated alkanes) is 23. The van der Waals surface area contributed by atoms with Crippen LogP contribution in [0.4, 0.5) is 0 Å². The first kappa shape index (κ1) is 102. The van der Waals surface area contributed by atoms with Crippen molar-refractivity contribution >= 4 is 35.4 Å². The van der Waals surface area contributed by atoms with Crippen LogP contribution in [0.5, 0.6) is 0 Å². The van der Waals surface area contributed by atoms with Gasteiger partial charge < -0.3 is 160 Å². The van der Waals surface area contributed by atoms with E-state index in [1.165, 1.54) is 83.5 Å². The van der Waals surface area contributed by atoms with Crippen molar-refractivity contribution in [3.8, 4) is 0 Å². The van der Waals surface area contributed by atoms with Crippen molar-refractivity contribution in [2.75, 3.05) is 39.6 Å². The van der Waals surface area contributed by atoms with Gasteiger partial charge in [-0.3, -0.25) is 14.4 Å². The van der Waals surface area contributed by atoms with E-state index in [0.717, 1.165) is 91.4 Å². The Kier molecular flexibility index (Phi) is 46.6. The Morgan fingerprint density at radius 2 is 0.940 bits per heavy atom. The van der Waals surface area contributed by atoms with Gasteiger partial charge in [-0.15, -0.1) is 0 Å². The average molecular weight is 1670 g/mol. The van der Waals surface area contributed by atoms with Gasteiger partial charge in [0.2, 0.25) is 17.7 Å². The van der Waals surface area contributed by atoms with Crippen LogP contribution in [0.3, 0.4) is 0 Å². The zero-order chi connectivity index (χ0) is 85.8. The third-order valence-electron chi connectivity index (χ3n) is 22.3. The van der Waals surface area contributed by atoms with E-state index >= 15 is 0 Å². The van der Waals surface area contributed by atoms with Crippen LogP contribution in [-0.4, -0.2) is 338 Å². The Bertz CT molecular complexity index is 2860. The predicted molar refractivity (Wildman–Crippen MR) is 408 cm³/mol. The highest BCUT2D eigenvalue weighted by Crippen LogP contribution is 2.43. The standard InChI is InChI=1S/C79H139N3O34/c1-6-8-10-12-14-16-18-20-21-23-25-27-29-31-33-35-58(95)82-49(50(91)34-32-30-28-26-24-22-19-17-15-13-11-9-7-2)44-107-74-66(101)65(100)68(56(42-86)109-74)111-75-67(102)72(69(57(43-87)110-75)112-73-48(36-45(3)88)61(96)63(98)54(40-84)108-73)116-79(77(105)106)38-52(93)60(81-47(5)90)71(115-79)64(99)55(41-85)113-78(76(103)104)37-51(92)59(80-46(4)89)70(114-78)62(97)53(94)39-83/h20-21,48-57,59-75,83-87,91-94,96-102H,6-19,22-44H2,1-5H3,(H,80,89)(H,81,90)(H,82,95)(H,103,104)(H,105,106). The fourth-order valence-corrected chi connectivity index (χ4v) is 15.7. The lowest BCUT2D eigenvalue weighted by Crippen LogP contribution is -2.72. The topological polar surface area (TPSA) is 595 Å². The number of aliphatic carboxylic acids is 2. The number of hydrogen-bond acceptors (Lipinski definition) is 32. The lowest BCUT2D eigenvalue weighted by Gasteiger charge is -2.52. The van der Waals surface area contributed by atoms with Gasteiger partial charge in [0.1, 0.15) is 103 Å². The van der Waals surface area contributed by atoms with Crippen LogP contribution in [0.25, 0.3) is 0 Å². The summed E-state index contributed by atoms with van der Waals surface area (Å²) in [5.41, 5.74) is 0. The Balaban J connectivity index is 1.44. The van der Waals surface area contributed by atoms with E-state index in [1.54, 1.807) is 0 Å². The molecule has 0 saturated carbocycles. The van der Waals surface area contributed by atoms with Crippen LogP contribution in [0.1, 0.15) is 234 Å².